The molecule has 1 N–H and O–H groups in total. The largest absolute Gasteiger partial charge is 0.489 e. The summed E-state index contributed by atoms with van der Waals surface area (Å²) in [5.74, 6) is 1.07. The molecule has 0 fully saturated rings. The van der Waals surface area contributed by atoms with Gasteiger partial charge < -0.3 is 15.0 Å². The van der Waals surface area contributed by atoms with E-state index < -0.39 is 0 Å². The summed E-state index contributed by atoms with van der Waals surface area (Å²) in [7, 11) is 0. The van der Waals surface area contributed by atoms with Crippen molar-refractivity contribution < 1.29 is 9.53 Å². The minimum absolute atomic E-state index is 0.0119. The Balaban J connectivity index is 1.58. The number of aromatic nitrogens is 2. The van der Waals surface area contributed by atoms with Crippen molar-refractivity contribution in [3.05, 3.63) is 72.2 Å². The van der Waals surface area contributed by atoms with Crippen LogP contribution in [-0.2, 0) is 6.42 Å². The van der Waals surface area contributed by atoms with Gasteiger partial charge in [0.15, 0.2) is 0 Å². The van der Waals surface area contributed by atoms with Crippen molar-refractivity contribution in [1.82, 2.24) is 9.97 Å². The van der Waals surface area contributed by atoms with E-state index in [4.69, 9.17) is 4.74 Å². The average Bonchev–Trinajstić information content (AvgIpc) is 2.74. The Bertz CT molecular complexity index is 1020. The summed E-state index contributed by atoms with van der Waals surface area (Å²) in [6, 6.07) is 17.4. The topological polar surface area (TPSA) is 67.3 Å². The highest BCUT2D eigenvalue weighted by molar-refractivity contribution is 6.04. The van der Waals surface area contributed by atoms with E-state index in [1.165, 1.54) is 11.9 Å². The van der Waals surface area contributed by atoms with Crippen molar-refractivity contribution >= 4 is 23.1 Å². The molecule has 6 nitrogen and oxygen atoms in total. The number of amides is 1. The third-order valence-corrected chi connectivity index (χ3v) is 4.77. The second-order valence-electron chi connectivity index (χ2n) is 7.26. The van der Waals surface area contributed by atoms with E-state index >= 15 is 0 Å². The lowest BCUT2D eigenvalue weighted by Crippen LogP contribution is -2.26. The lowest BCUT2D eigenvalue weighted by molar-refractivity contribution is 0.102. The van der Waals surface area contributed by atoms with Crippen LogP contribution >= 0.6 is 0 Å². The number of fused-ring (bicyclic) bond motifs is 1. The van der Waals surface area contributed by atoms with Crippen LogP contribution in [0.1, 0.15) is 36.3 Å². The Hall–Kier alpha value is -3.41. The van der Waals surface area contributed by atoms with Gasteiger partial charge in [-0.2, -0.15) is 0 Å². The van der Waals surface area contributed by atoms with Crippen molar-refractivity contribution in [2.75, 3.05) is 16.8 Å². The summed E-state index contributed by atoms with van der Waals surface area (Å²) in [6.45, 7) is 4.76. The summed E-state index contributed by atoms with van der Waals surface area (Å²) >= 11 is 0. The maximum atomic E-state index is 12.9. The van der Waals surface area contributed by atoms with Gasteiger partial charge in [-0.25, -0.2) is 9.97 Å². The fraction of sp³-hybridized carbons (Fsp3) is 0.261. The van der Waals surface area contributed by atoms with Crippen molar-refractivity contribution in [2.45, 2.75) is 32.8 Å². The normalized spacial score (nSPS) is 13.1. The van der Waals surface area contributed by atoms with E-state index in [1.54, 1.807) is 6.07 Å². The molecular weight excluding hydrogens is 364 g/mol. The van der Waals surface area contributed by atoms with Crippen LogP contribution in [0.3, 0.4) is 0 Å². The van der Waals surface area contributed by atoms with Gasteiger partial charge in [0.05, 0.1) is 11.8 Å². The first kappa shape index (κ1) is 18.9. The van der Waals surface area contributed by atoms with Crippen LogP contribution in [0.4, 0.5) is 17.2 Å². The van der Waals surface area contributed by atoms with Crippen LogP contribution in [0.15, 0.2) is 60.9 Å². The first-order valence-corrected chi connectivity index (χ1v) is 9.86. The zero-order chi connectivity index (χ0) is 20.2. The summed E-state index contributed by atoms with van der Waals surface area (Å²) in [5.41, 5.74) is 3.37. The number of ether oxygens (including phenoxy) is 1. The zero-order valence-electron chi connectivity index (χ0n) is 16.6. The fourth-order valence-corrected chi connectivity index (χ4v) is 3.50. The smallest absolute Gasteiger partial charge is 0.274 e. The lowest BCUT2D eigenvalue weighted by Gasteiger charge is -2.30. The van der Waals surface area contributed by atoms with Gasteiger partial charge in [-0.15, -0.1) is 0 Å². The number of para-hydroxylation sites is 3. The Morgan fingerprint density at radius 1 is 1.10 bits per heavy atom. The van der Waals surface area contributed by atoms with Crippen molar-refractivity contribution in [2.24, 2.45) is 0 Å². The molecule has 0 radical (unpaired) electrons. The summed E-state index contributed by atoms with van der Waals surface area (Å²) < 4.78 is 5.78. The van der Waals surface area contributed by atoms with Gasteiger partial charge >= 0.3 is 0 Å². The Kier molecular flexibility index (Phi) is 5.42. The maximum absolute atomic E-state index is 12.9. The average molecular weight is 388 g/mol. The molecule has 6 heteroatoms. The molecule has 0 unspecified atom stereocenters. The Morgan fingerprint density at radius 3 is 2.76 bits per heavy atom. The molecule has 0 aliphatic carbocycles. The lowest BCUT2D eigenvalue weighted by atomic mass is 10.0. The predicted octanol–water partition coefficient (Wildman–Crippen LogP) is 4.60. The van der Waals surface area contributed by atoms with Crippen LogP contribution in [0.25, 0.3) is 0 Å². The number of aryl methyl sites for hydroxylation is 1. The first-order valence-electron chi connectivity index (χ1n) is 9.86. The molecule has 1 amide bonds. The van der Waals surface area contributed by atoms with Crippen LogP contribution in [0.2, 0.25) is 0 Å². The van der Waals surface area contributed by atoms with E-state index in [0.717, 1.165) is 30.9 Å². The van der Waals surface area contributed by atoms with E-state index in [1.807, 2.05) is 44.2 Å². The van der Waals surface area contributed by atoms with E-state index in [9.17, 15) is 4.79 Å². The molecule has 3 aromatic rings. The minimum atomic E-state index is -0.293. The number of benzene rings is 2. The van der Waals surface area contributed by atoms with Crippen LogP contribution in [-0.4, -0.2) is 28.5 Å². The number of hydrogen-bond acceptors (Lipinski definition) is 5. The van der Waals surface area contributed by atoms with Gasteiger partial charge in [-0.05, 0) is 50.5 Å². The number of nitrogens with one attached hydrogen (secondary N) is 1. The van der Waals surface area contributed by atoms with Crippen molar-refractivity contribution in [3.63, 3.8) is 0 Å². The number of carbonyl (C=O) groups is 1. The number of nitrogens with zero attached hydrogens (tertiary/aromatic N) is 3. The number of hydrogen-bond donors (Lipinski definition) is 1. The molecule has 0 spiro atoms. The molecule has 0 bridgehead atoms. The molecule has 29 heavy (non-hydrogen) atoms. The van der Waals surface area contributed by atoms with E-state index in [-0.39, 0.29) is 12.0 Å². The zero-order valence-corrected chi connectivity index (χ0v) is 16.6. The van der Waals surface area contributed by atoms with Crippen LogP contribution in [0.5, 0.6) is 5.75 Å². The molecule has 2 heterocycles. The first-order chi connectivity index (χ1) is 14.1. The highest BCUT2D eigenvalue weighted by Crippen LogP contribution is 2.32. The van der Waals surface area contributed by atoms with Gasteiger partial charge in [-0.3, -0.25) is 4.79 Å². The molecule has 0 saturated carbocycles. The summed E-state index contributed by atoms with van der Waals surface area (Å²) in [6.07, 6.45) is 3.55. The number of carbonyl (C=O) groups excluding carboxylic acids is 1. The highest BCUT2D eigenvalue weighted by atomic mass is 16.5. The SMILES string of the molecule is CC(C)Oc1ccccc1NC(=O)c1cc(N2CCCc3ccccc32)ncn1. The van der Waals surface area contributed by atoms with Gasteiger partial charge in [0.25, 0.3) is 5.91 Å². The number of rotatable bonds is 5. The van der Waals surface area contributed by atoms with Crippen LogP contribution < -0.4 is 15.0 Å². The molecule has 4 rings (SSSR count). The quantitative estimate of drug-likeness (QED) is 0.692. The summed E-state index contributed by atoms with van der Waals surface area (Å²) in [5, 5.41) is 2.91. The van der Waals surface area contributed by atoms with Crippen LogP contribution in [0, 0.1) is 0 Å². The molecular formula is C23H24N4O2. The standard InChI is InChI=1S/C23H24N4O2/c1-16(2)29-21-12-6-4-10-18(21)26-23(28)19-14-22(25-15-24-19)27-13-7-9-17-8-3-5-11-20(17)27/h3-6,8,10-12,14-16H,7,9,13H2,1-2H3,(H,26,28). The second-order valence-corrected chi connectivity index (χ2v) is 7.26. The molecule has 0 saturated heterocycles. The van der Waals surface area contributed by atoms with Crippen molar-refractivity contribution in [3.8, 4) is 5.75 Å². The molecule has 1 aromatic heterocycles. The van der Waals surface area contributed by atoms with E-state index in [0.29, 0.717) is 17.1 Å². The van der Waals surface area contributed by atoms with Crippen molar-refractivity contribution in [1.29, 1.82) is 0 Å². The third-order valence-electron chi connectivity index (χ3n) is 4.77. The van der Waals surface area contributed by atoms with Gasteiger partial charge in [0, 0.05) is 18.3 Å². The van der Waals surface area contributed by atoms with Gasteiger partial charge in [-0.1, -0.05) is 30.3 Å². The minimum Gasteiger partial charge on any atom is -0.489 e. The maximum Gasteiger partial charge on any atom is 0.274 e. The Labute approximate surface area is 170 Å². The van der Waals surface area contributed by atoms with E-state index in [2.05, 4.69) is 38.4 Å². The highest BCUT2D eigenvalue weighted by Gasteiger charge is 2.20. The second kappa shape index (κ2) is 8.31. The Morgan fingerprint density at radius 2 is 1.90 bits per heavy atom. The summed E-state index contributed by atoms with van der Waals surface area (Å²) in [4.78, 5) is 23.6. The monoisotopic (exact) mass is 388 g/mol. The molecule has 2 aromatic carbocycles. The van der Waals surface area contributed by atoms with Gasteiger partial charge in [0.2, 0.25) is 0 Å². The molecule has 148 valence electrons. The molecule has 1 aliphatic rings. The predicted molar refractivity (Wildman–Crippen MR) is 114 cm³/mol. The molecule has 0 atom stereocenters. The molecule has 1 aliphatic heterocycles. The number of anilines is 3. The fourth-order valence-electron chi connectivity index (χ4n) is 3.50. The van der Waals surface area contributed by atoms with Gasteiger partial charge in [0.1, 0.15) is 23.6 Å². The third kappa shape index (κ3) is 4.21.